The first kappa shape index (κ1) is 9.28. The van der Waals surface area contributed by atoms with Crippen LogP contribution in [0.1, 0.15) is 22.8 Å². The van der Waals surface area contributed by atoms with Gasteiger partial charge in [0.15, 0.2) is 11.4 Å². The zero-order valence-electron chi connectivity index (χ0n) is 7.93. The molecule has 0 aliphatic carbocycles. The van der Waals surface area contributed by atoms with Crippen LogP contribution in [0.4, 0.5) is 0 Å². The molecule has 0 aliphatic rings. The van der Waals surface area contributed by atoms with Gasteiger partial charge in [0.1, 0.15) is 0 Å². The maximum atomic E-state index is 11.3. The summed E-state index contributed by atoms with van der Waals surface area (Å²) in [7, 11) is 0. The molecule has 1 aromatic carbocycles. The van der Waals surface area contributed by atoms with E-state index in [1.165, 1.54) is 6.92 Å². The predicted molar refractivity (Wildman–Crippen MR) is 56.0 cm³/mol. The molecule has 1 heterocycles. The van der Waals surface area contributed by atoms with Crippen molar-refractivity contribution < 1.29 is 9.21 Å². The van der Waals surface area contributed by atoms with Crippen molar-refractivity contribution in [1.82, 2.24) is 0 Å². The van der Waals surface area contributed by atoms with Crippen LogP contribution in [0.5, 0.6) is 0 Å². The molecule has 0 saturated heterocycles. The molecule has 3 heteroatoms. The monoisotopic (exact) mass is 208 g/mol. The van der Waals surface area contributed by atoms with Crippen molar-refractivity contribution in [3.63, 3.8) is 0 Å². The fourth-order valence-corrected chi connectivity index (χ4v) is 1.77. The Bertz CT molecular complexity index is 511. The van der Waals surface area contributed by atoms with E-state index in [0.717, 1.165) is 10.9 Å². The van der Waals surface area contributed by atoms with E-state index in [4.69, 9.17) is 16.0 Å². The average Bonchev–Trinajstić information content (AvgIpc) is 2.50. The SMILES string of the molecule is CC(=O)c1ccc(Cl)c2occ(C)c12. The minimum atomic E-state index is 0.0242. The number of aryl methyl sites for hydroxylation is 1. The summed E-state index contributed by atoms with van der Waals surface area (Å²) in [6, 6.07) is 3.42. The summed E-state index contributed by atoms with van der Waals surface area (Å²) in [5, 5.41) is 1.36. The summed E-state index contributed by atoms with van der Waals surface area (Å²) in [4.78, 5) is 11.3. The zero-order valence-corrected chi connectivity index (χ0v) is 8.68. The number of ketones is 1. The molecule has 1 aromatic heterocycles. The number of rotatable bonds is 1. The Hall–Kier alpha value is -1.28. The molecule has 2 aromatic rings. The third kappa shape index (κ3) is 1.23. The van der Waals surface area contributed by atoms with Gasteiger partial charge in [0.2, 0.25) is 0 Å². The maximum Gasteiger partial charge on any atom is 0.160 e. The number of carbonyl (C=O) groups excluding carboxylic acids is 1. The molecule has 72 valence electrons. The number of carbonyl (C=O) groups is 1. The Morgan fingerprint density at radius 3 is 2.79 bits per heavy atom. The van der Waals surface area contributed by atoms with Gasteiger partial charge in [0.05, 0.1) is 11.3 Å². The van der Waals surface area contributed by atoms with E-state index in [1.54, 1.807) is 18.4 Å². The molecule has 0 fully saturated rings. The molecular weight excluding hydrogens is 200 g/mol. The van der Waals surface area contributed by atoms with E-state index in [1.807, 2.05) is 6.92 Å². The van der Waals surface area contributed by atoms with E-state index in [2.05, 4.69) is 0 Å². The van der Waals surface area contributed by atoms with Crippen molar-refractivity contribution in [2.75, 3.05) is 0 Å². The highest BCUT2D eigenvalue weighted by molar-refractivity contribution is 6.35. The van der Waals surface area contributed by atoms with Crippen LogP contribution in [0.15, 0.2) is 22.8 Å². The first-order valence-corrected chi connectivity index (χ1v) is 4.66. The average molecular weight is 209 g/mol. The summed E-state index contributed by atoms with van der Waals surface area (Å²) in [5.41, 5.74) is 2.19. The smallest absolute Gasteiger partial charge is 0.160 e. The van der Waals surface area contributed by atoms with Gasteiger partial charge in [0, 0.05) is 10.9 Å². The van der Waals surface area contributed by atoms with E-state index in [-0.39, 0.29) is 5.78 Å². The summed E-state index contributed by atoms with van der Waals surface area (Å²) >= 11 is 5.94. The van der Waals surface area contributed by atoms with Crippen LogP contribution in [0.3, 0.4) is 0 Å². The molecule has 0 aliphatic heterocycles. The highest BCUT2D eigenvalue weighted by atomic mass is 35.5. The lowest BCUT2D eigenvalue weighted by Crippen LogP contribution is -1.93. The fourth-order valence-electron chi connectivity index (χ4n) is 1.56. The number of benzene rings is 1. The molecule has 0 radical (unpaired) electrons. The molecule has 0 amide bonds. The Morgan fingerprint density at radius 1 is 1.43 bits per heavy atom. The van der Waals surface area contributed by atoms with Crippen LogP contribution in [-0.2, 0) is 0 Å². The Kier molecular flexibility index (Phi) is 2.08. The van der Waals surface area contributed by atoms with Crippen LogP contribution >= 0.6 is 11.6 Å². The van der Waals surface area contributed by atoms with E-state index >= 15 is 0 Å². The summed E-state index contributed by atoms with van der Waals surface area (Å²) in [5.74, 6) is 0.0242. The van der Waals surface area contributed by atoms with Gasteiger partial charge in [-0.25, -0.2) is 0 Å². The van der Waals surface area contributed by atoms with Crippen LogP contribution in [0.2, 0.25) is 5.02 Å². The van der Waals surface area contributed by atoms with Gasteiger partial charge in [-0.15, -0.1) is 0 Å². The van der Waals surface area contributed by atoms with Crippen molar-refractivity contribution in [2.45, 2.75) is 13.8 Å². The highest BCUT2D eigenvalue weighted by Gasteiger charge is 2.13. The lowest BCUT2D eigenvalue weighted by molar-refractivity contribution is 0.101. The molecular formula is C11H9ClO2. The Labute approximate surface area is 86.5 Å². The molecule has 0 unspecified atom stereocenters. The molecule has 2 nitrogen and oxygen atoms in total. The summed E-state index contributed by atoms with van der Waals surface area (Å²) in [6.07, 6.45) is 1.61. The van der Waals surface area contributed by atoms with Crippen LogP contribution < -0.4 is 0 Å². The minimum Gasteiger partial charge on any atom is -0.462 e. The maximum absolute atomic E-state index is 11.3. The van der Waals surface area contributed by atoms with Crippen LogP contribution in [-0.4, -0.2) is 5.78 Å². The third-order valence-electron chi connectivity index (χ3n) is 2.24. The summed E-state index contributed by atoms with van der Waals surface area (Å²) in [6.45, 7) is 3.43. The van der Waals surface area contributed by atoms with Gasteiger partial charge < -0.3 is 4.42 Å². The van der Waals surface area contributed by atoms with Gasteiger partial charge in [-0.05, 0) is 31.5 Å². The summed E-state index contributed by atoms with van der Waals surface area (Å²) < 4.78 is 5.29. The second-order valence-electron chi connectivity index (χ2n) is 3.27. The molecule has 0 saturated carbocycles. The Balaban J connectivity index is 2.92. The van der Waals surface area contributed by atoms with E-state index < -0.39 is 0 Å². The number of Topliss-reactive ketones (excluding diaryl/α,β-unsaturated/α-hetero) is 1. The van der Waals surface area contributed by atoms with Gasteiger partial charge in [-0.1, -0.05) is 11.6 Å². The van der Waals surface area contributed by atoms with Gasteiger partial charge >= 0.3 is 0 Å². The third-order valence-corrected chi connectivity index (χ3v) is 2.53. The molecule has 0 atom stereocenters. The number of halogens is 1. The zero-order chi connectivity index (χ0) is 10.3. The number of fused-ring (bicyclic) bond motifs is 1. The molecule has 0 N–H and O–H groups in total. The number of furan rings is 1. The molecule has 14 heavy (non-hydrogen) atoms. The first-order valence-electron chi connectivity index (χ1n) is 4.28. The largest absolute Gasteiger partial charge is 0.462 e. The minimum absolute atomic E-state index is 0.0242. The molecule has 0 bridgehead atoms. The lowest BCUT2D eigenvalue weighted by atomic mass is 10.0. The lowest BCUT2D eigenvalue weighted by Gasteiger charge is -1.99. The first-order chi connectivity index (χ1) is 6.61. The van der Waals surface area contributed by atoms with Gasteiger partial charge in [-0.3, -0.25) is 4.79 Å². The molecule has 2 rings (SSSR count). The highest BCUT2D eigenvalue weighted by Crippen LogP contribution is 2.30. The molecule has 0 spiro atoms. The van der Waals surface area contributed by atoms with Crippen molar-refractivity contribution >= 4 is 28.4 Å². The van der Waals surface area contributed by atoms with Crippen molar-refractivity contribution in [1.29, 1.82) is 0 Å². The normalized spacial score (nSPS) is 10.8. The van der Waals surface area contributed by atoms with Crippen molar-refractivity contribution in [2.24, 2.45) is 0 Å². The Morgan fingerprint density at radius 2 is 2.14 bits per heavy atom. The van der Waals surface area contributed by atoms with Gasteiger partial charge in [-0.2, -0.15) is 0 Å². The second kappa shape index (κ2) is 3.14. The van der Waals surface area contributed by atoms with Gasteiger partial charge in [0.25, 0.3) is 0 Å². The van der Waals surface area contributed by atoms with Crippen LogP contribution in [0.25, 0.3) is 11.0 Å². The fraction of sp³-hybridized carbons (Fsp3) is 0.182. The standard InChI is InChI=1S/C11H9ClO2/c1-6-5-14-11-9(12)4-3-8(7(2)13)10(6)11/h3-5H,1-2H3. The predicted octanol–water partition coefficient (Wildman–Crippen LogP) is 3.60. The topological polar surface area (TPSA) is 30.2 Å². The van der Waals surface area contributed by atoms with Crippen molar-refractivity contribution in [3.05, 3.63) is 34.5 Å². The van der Waals surface area contributed by atoms with E-state index in [9.17, 15) is 4.79 Å². The van der Waals surface area contributed by atoms with E-state index in [0.29, 0.717) is 16.2 Å². The van der Waals surface area contributed by atoms with Crippen LogP contribution in [0, 0.1) is 6.92 Å². The second-order valence-corrected chi connectivity index (χ2v) is 3.68. The quantitative estimate of drug-likeness (QED) is 0.671. The number of hydrogen-bond donors (Lipinski definition) is 0. The van der Waals surface area contributed by atoms with Crippen molar-refractivity contribution in [3.8, 4) is 0 Å². The number of hydrogen-bond acceptors (Lipinski definition) is 2.